The molecule has 8 heteroatoms. The SMILES string of the molecule is CCCCCCOc1ccc(CCNCCC(=O)OC(=O)C(F)(F)F)cc1. The fraction of sp³-hybridized carbons (Fsp3) is 0.579. The van der Waals surface area contributed by atoms with Crippen LogP contribution in [0.15, 0.2) is 24.3 Å². The Labute approximate surface area is 157 Å². The minimum absolute atomic E-state index is 0.128. The zero-order valence-electron chi connectivity index (χ0n) is 15.4. The van der Waals surface area contributed by atoms with E-state index in [0.29, 0.717) is 19.6 Å². The molecular weight excluding hydrogens is 363 g/mol. The lowest BCUT2D eigenvalue weighted by Gasteiger charge is -2.08. The van der Waals surface area contributed by atoms with Gasteiger partial charge in [0.1, 0.15) is 5.75 Å². The van der Waals surface area contributed by atoms with Crippen LogP contribution in [0.2, 0.25) is 0 Å². The Balaban J connectivity index is 2.14. The number of alkyl halides is 3. The van der Waals surface area contributed by atoms with Gasteiger partial charge in [-0.05, 0) is 37.1 Å². The van der Waals surface area contributed by atoms with Crippen LogP contribution in [0.5, 0.6) is 5.75 Å². The van der Waals surface area contributed by atoms with Crippen molar-refractivity contribution in [2.24, 2.45) is 0 Å². The van der Waals surface area contributed by atoms with Crippen molar-refractivity contribution < 1.29 is 32.2 Å². The molecule has 0 amide bonds. The summed E-state index contributed by atoms with van der Waals surface area (Å²) in [5.41, 5.74) is 1.07. The molecule has 0 atom stereocenters. The highest BCUT2D eigenvalue weighted by Crippen LogP contribution is 2.16. The molecule has 0 spiro atoms. The number of rotatable bonds is 12. The molecule has 1 aromatic carbocycles. The lowest BCUT2D eigenvalue weighted by Crippen LogP contribution is -2.29. The summed E-state index contributed by atoms with van der Waals surface area (Å²) in [5.74, 6) is -2.87. The van der Waals surface area contributed by atoms with E-state index in [0.717, 1.165) is 24.2 Å². The summed E-state index contributed by atoms with van der Waals surface area (Å²) < 4.78 is 45.2. The first-order valence-electron chi connectivity index (χ1n) is 9.07. The Morgan fingerprint density at radius 1 is 1.04 bits per heavy atom. The number of carbonyl (C=O) groups excluding carboxylic acids is 2. The van der Waals surface area contributed by atoms with Gasteiger partial charge in [-0.3, -0.25) is 4.79 Å². The highest BCUT2D eigenvalue weighted by molar-refractivity contribution is 5.88. The first-order chi connectivity index (χ1) is 12.8. The molecule has 0 saturated carbocycles. The molecule has 0 bridgehead atoms. The average Bonchev–Trinajstić information content (AvgIpc) is 2.61. The molecule has 152 valence electrons. The van der Waals surface area contributed by atoms with Crippen LogP contribution in [0.4, 0.5) is 13.2 Å². The van der Waals surface area contributed by atoms with Crippen molar-refractivity contribution in [2.75, 3.05) is 19.7 Å². The van der Waals surface area contributed by atoms with E-state index >= 15 is 0 Å². The van der Waals surface area contributed by atoms with Crippen molar-refractivity contribution >= 4 is 11.9 Å². The van der Waals surface area contributed by atoms with Crippen molar-refractivity contribution in [3.05, 3.63) is 29.8 Å². The van der Waals surface area contributed by atoms with Gasteiger partial charge in [-0.25, -0.2) is 4.79 Å². The molecule has 0 aliphatic carbocycles. The van der Waals surface area contributed by atoms with Crippen molar-refractivity contribution in [3.63, 3.8) is 0 Å². The lowest BCUT2D eigenvalue weighted by atomic mass is 10.1. The second-order valence-corrected chi connectivity index (χ2v) is 6.06. The van der Waals surface area contributed by atoms with E-state index in [1.54, 1.807) is 0 Å². The van der Waals surface area contributed by atoms with Crippen LogP contribution >= 0.6 is 0 Å². The van der Waals surface area contributed by atoms with E-state index < -0.39 is 18.1 Å². The maximum Gasteiger partial charge on any atom is 0.491 e. The summed E-state index contributed by atoms with van der Waals surface area (Å²) in [4.78, 5) is 21.6. The van der Waals surface area contributed by atoms with Crippen LogP contribution in [0.25, 0.3) is 0 Å². The van der Waals surface area contributed by atoms with Gasteiger partial charge in [0.25, 0.3) is 0 Å². The molecule has 27 heavy (non-hydrogen) atoms. The molecule has 0 radical (unpaired) electrons. The first kappa shape index (κ1) is 23.0. The molecule has 0 saturated heterocycles. The van der Waals surface area contributed by atoms with Crippen LogP contribution in [-0.2, 0) is 20.7 Å². The third kappa shape index (κ3) is 10.6. The van der Waals surface area contributed by atoms with Crippen LogP contribution in [-0.4, -0.2) is 37.8 Å². The Hall–Kier alpha value is -2.09. The Morgan fingerprint density at radius 2 is 1.74 bits per heavy atom. The minimum atomic E-state index is -5.16. The predicted molar refractivity (Wildman–Crippen MR) is 94.4 cm³/mol. The minimum Gasteiger partial charge on any atom is -0.494 e. The number of ether oxygens (including phenoxy) is 2. The van der Waals surface area contributed by atoms with E-state index in [4.69, 9.17) is 4.74 Å². The van der Waals surface area contributed by atoms with Crippen molar-refractivity contribution in [1.82, 2.24) is 5.32 Å². The fourth-order valence-corrected chi connectivity index (χ4v) is 2.23. The number of carbonyl (C=O) groups is 2. The lowest BCUT2D eigenvalue weighted by molar-refractivity contribution is -0.201. The molecule has 1 aromatic rings. The maximum absolute atomic E-state index is 11.9. The van der Waals surface area contributed by atoms with Crippen LogP contribution in [0.1, 0.15) is 44.6 Å². The summed E-state index contributed by atoms with van der Waals surface area (Å²) in [6.45, 7) is 3.53. The molecule has 0 unspecified atom stereocenters. The van der Waals surface area contributed by atoms with Gasteiger partial charge in [-0.1, -0.05) is 38.3 Å². The third-order valence-corrected chi connectivity index (χ3v) is 3.72. The van der Waals surface area contributed by atoms with Gasteiger partial charge in [-0.2, -0.15) is 13.2 Å². The number of hydrogen-bond acceptors (Lipinski definition) is 5. The highest BCUT2D eigenvalue weighted by atomic mass is 19.4. The molecule has 0 aliphatic heterocycles. The normalized spacial score (nSPS) is 11.3. The summed E-state index contributed by atoms with van der Waals surface area (Å²) in [6.07, 6.45) is -0.176. The van der Waals surface area contributed by atoms with E-state index in [-0.39, 0.29) is 13.0 Å². The summed E-state index contributed by atoms with van der Waals surface area (Å²) in [5, 5.41) is 2.92. The number of benzene rings is 1. The van der Waals surface area contributed by atoms with Crippen LogP contribution in [0.3, 0.4) is 0 Å². The first-order valence-corrected chi connectivity index (χ1v) is 9.07. The molecule has 0 fully saturated rings. The molecule has 5 nitrogen and oxygen atoms in total. The highest BCUT2D eigenvalue weighted by Gasteiger charge is 2.42. The summed E-state index contributed by atoms with van der Waals surface area (Å²) in [7, 11) is 0. The molecular formula is C19H26F3NO4. The van der Waals surface area contributed by atoms with Gasteiger partial charge in [0.15, 0.2) is 0 Å². The average molecular weight is 389 g/mol. The van der Waals surface area contributed by atoms with Crippen molar-refractivity contribution in [2.45, 2.75) is 51.6 Å². The summed E-state index contributed by atoms with van der Waals surface area (Å²) >= 11 is 0. The maximum atomic E-state index is 11.9. The third-order valence-electron chi connectivity index (χ3n) is 3.72. The zero-order chi connectivity index (χ0) is 20.1. The van der Waals surface area contributed by atoms with E-state index in [1.807, 2.05) is 24.3 Å². The van der Waals surface area contributed by atoms with Crippen molar-refractivity contribution in [1.29, 1.82) is 0 Å². The number of nitrogens with one attached hydrogen (secondary N) is 1. The van der Waals surface area contributed by atoms with Gasteiger partial charge >= 0.3 is 18.1 Å². The molecule has 1 rings (SSSR count). The number of esters is 2. The Kier molecular flexibility index (Phi) is 10.5. The van der Waals surface area contributed by atoms with Crippen LogP contribution in [0, 0.1) is 0 Å². The number of hydrogen-bond donors (Lipinski definition) is 1. The van der Waals surface area contributed by atoms with E-state index in [2.05, 4.69) is 17.0 Å². The standard InChI is InChI=1S/C19H26F3NO4/c1-2-3-4-5-14-26-16-8-6-15(7-9-16)10-12-23-13-11-17(24)27-18(25)19(20,21)22/h6-9,23H,2-5,10-14H2,1H3. The smallest absolute Gasteiger partial charge is 0.491 e. The fourth-order valence-electron chi connectivity index (χ4n) is 2.23. The summed E-state index contributed by atoms with van der Waals surface area (Å²) in [6, 6.07) is 7.68. The van der Waals surface area contributed by atoms with E-state index in [9.17, 15) is 22.8 Å². The Morgan fingerprint density at radius 3 is 2.37 bits per heavy atom. The molecule has 1 N–H and O–H groups in total. The van der Waals surface area contributed by atoms with Gasteiger partial charge < -0.3 is 14.8 Å². The van der Waals surface area contributed by atoms with Gasteiger partial charge in [0.2, 0.25) is 0 Å². The topological polar surface area (TPSA) is 64.6 Å². The monoisotopic (exact) mass is 389 g/mol. The number of unbranched alkanes of at least 4 members (excludes halogenated alkanes) is 3. The van der Waals surface area contributed by atoms with Crippen LogP contribution < -0.4 is 10.1 Å². The largest absolute Gasteiger partial charge is 0.494 e. The van der Waals surface area contributed by atoms with Gasteiger partial charge in [0.05, 0.1) is 13.0 Å². The Bertz CT molecular complexity index is 573. The zero-order valence-corrected chi connectivity index (χ0v) is 15.4. The molecule has 0 heterocycles. The quantitative estimate of drug-likeness (QED) is 0.335. The predicted octanol–water partition coefficient (Wildman–Crippen LogP) is 3.80. The molecule has 0 aromatic heterocycles. The number of halogens is 3. The van der Waals surface area contributed by atoms with Gasteiger partial charge in [-0.15, -0.1) is 0 Å². The van der Waals surface area contributed by atoms with Crippen molar-refractivity contribution in [3.8, 4) is 5.75 Å². The van der Waals surface area contributed by atoms with Gasteiger partial charge in [0, 0.05) is 6.54 Å². The molecule has 0 aliphatic rings. The second kappa shape index (κ2) is 12.3. The van der Waals surface area contributed by atoms with E-state index in [1.165, 1.54) is 12.8 Å². The second-order valence-electron chi connectivity index (χ2n) is 6.06.